The van der Waals surface area contributed by atoms with Crippen LogP contribution in [0, 0.1) is 11.3 Å². The van der Waals surface area contributed by atoms with E-state index in [9.17, 15) is 0 Å². The van der Waals surface area contributed by atoms with Crippen molar-refractivity contribution in [2.45, 2.75) is 33.3 Å². The molecule has 0 amide bonds. The molecule has 0 aliphatic rings. The fraction of sp³-hybridized carbons (Fsp3) is 0.417. The molecule has 1 aromatic rings. The zero-order chi connectivity index (χ0) is 10.6. The minimum absolute atomic E-state index is 0.174. The molecule has 1 aromatic carbocycles. The van der Waals surface area contributed by atoms with Crippen LogP contribution in [0.5, 0.6) is 5.75 Å². The van der Waals surface area contributed by atoms with Crippen LogP contribution in [0.2, 0.25) is 0 Å². The van der Waals surface area contributed by atoms with Crippen molar-refractivity contribution in [2.75, 3.05) is 0 Å². The van der Waals surface area contributed by atoms with E-state index >= 15 is 0 Å². The summed E-state index contributed by atoms with van der Waals surface area (Å²) >= 11 is 0. The lowest BCUT2D eigenvalue weighted by atomic mass is 10.1. The lowest BCUT2D eigenvalue weighted by Gasteiger charge is -2.11. The highest BCUT2D eigenvalue weighted by atomic mass is 16.5. The maximum Gasteiger partial charge on any atom is 0.120 e. The molecule has 0 N–H and O–H groups in total. The van der Waals surface area contributed by atoms with Gasteiger partial charge < -0.3 is 4.74 Å². The van der Waals surface area contributed by atoms with E-state index in [1.54, 1.807) is 0 Å². The first-order chi connectivity index (χ1) is 6.67. The number of hydrogen-bond acceptors (Lipinski definition) is 2. The van der Waals surface area contributed by atoms with Crippen LogP contribution in [0.25, 0.3) is 0 Å². The van der Waals surface area contributed by atoms with E-state index in [4.69, 9.17) is 10.00 Å². The van der Waals surface area contributed by atoms with E-state index < -0.39 is 0 Å². The Balaban J connectivity index is 2.97. The highest BCUT2D eigenvalue weighted by Crippen LogP contribution is 2.18. The smallest absolute Gasteiger partial charge is 0.120 e. The monoisotopic (exact) mass is 189 g/mol. The molecule has 2 heteroatoms. The molecule has 0 bridgehead atoms. The van der Waals surface area contributed by atoms with Crippen molar-refractivity contribution in [1.29, 1.82) is 5.26 Å². The van der Waals surface area contributed by atoms with Gasteiger partial charge >= 0.3 is 0 Å². The maximum atomic E-state index is 8.83. The maximum absolute atomic E-state index is 8.83. The summed E-state index contributed by atoms with van der Waals surface area (Å²) in [5.74, 6) is 0.843. The summed E-state index contributed by atoms with van der Waals surface area (Å²) in [6.45, 7) is 6.02. The standard InChI is InChI=1S/C12H15NO/c1-4-10-7-12(14-9(2)3)6-5-11(10)8-13/h5-7,9H,4H2,1-3H3. The first kappa shape index (κ1) is 10.6. The predicted octanol–water partition coefficient (Wildman–Crippen LogP) is 2.91. The number of ether oxygens (including phenoxy) is 1. The third-order valence-electron chi connectivity index (χ3n) is 1.95. The number of benzene rings is 1. The van der Waals surface area contributed by atoms with Gasteiger partial charge in [0, 0.05) is 0 Å². The van der Waals surface area contributed by atoms with E-state index in [0.29, 0.717) is 0 Å². The van der Waals surface area contributed by atoms with Gasteiger partial charge in [0.1, 0.15) is 5.75 Å². The van der Waals surface area contributed by atoms with Crippen molar-refractivity contribution in [2.24, 2.45) is 0 Å². The Bertz CT molecular complexity index is 350. The van der Waals surface area contributed by atoms with Crippen LogP contribution in [0.1, 0.15) is 31.9 Å². The molecule has 0 aliphatic carbocycles. The molecule has 74 valence electrons. The van der Waals surface area contributed by atoms with E-state index in [-0.39, 0.29) is 6.10 Å². The Kier molecular flexibility index (Phi) is 3.53. The summed E-state index contributed by atoms with van der Waals surface area (Å²) in [4.78, 5) is 0. The van der Waals surface area contributed by atoms with Crippen LogP contribution in [-0.4, -0.2) is 6.10 Å². The van der Waals surface area contributed by atoms with Crippen molar-refractivity contribution in [3.8, 4) is 11.8 Å². The number of nitrogens with zero attached hydrogens (tertiary/aromatic N) is 1. The van der Waals surface area contributed by atoms with Crippen molar-refractivity contribution in [3.63, 3.8) is 0 Å². The normalized spacial score (nSPS) is 9.93. The third-order valence-corrected chi connectivity index (χ3v) is 1.95. The summed E-state index contributed by atoms with van der Waals surface area (Å²) in [6, 6.07) is 7.78. The van der Waals surface area contributed by atoms with Crippen LogP contribution in [0.4, 0.5) is 0 Å². The van der Waals surface area contributed by atoms with Crippen LogP contribution in [-0.2, 0) is 6.42 Å². The Labute approximate surface area is 85.1 Å². The summed E-state index contributed by atoms with van der Waals surface area (Å²) in [6.07, 6.45) is 1.03. The molecule has 0 fully saturated rings. The van der Waals surface area contributed by atoms with Crippen molar-refractivity contribution in [1.82, 2.24) is 0 Å². The highest BCUT2D eigenvalue weighted by molar-refractivity contribution is 5.42. The average Bonchev–Trinajstić information content (AvgIpc) is 2.16. The van der Waals surface area contributed by atoms with Gasteiger partial charge in [0.2, 0.25) is 0 Å². The first-order valence-electron chi connectivity index (χ1n) is 4.87. The zero-order valence-corrected chi connectivity index (χ0v) is 8.87. The predicted molar refractivity (Wildman–Crippen MR) is 56.3 cm³/mol. The number of nitriles is 1. The van der Waals surface area contributed by atoms with Gasteiger partial charge in [0.25, 0.3) is 0 Å². The second-order valence-corrected chi connectivity index (χ2v) is 3.45. The molecule has 14 heavy (non-hydrogen) atoms. The Morgan fingerprint density at radius 2 is 2.14 bits per heavy atom. The van der Waals surface area contributed by atoms with Gasteiger partial charge in [-0.2, -0.15) is 5.26 Å². The largest absolute Gasteiger partial charge is 0.491 e. The van der Waals surface area contributed by atoms with Crippen LogP contribution in [0.15, 0.2) is 18.2 Å². The summed E-state index contributed by atoms with van der Waals surface area (Å²) in [5.41, 5.74) is 1.79. The number of rotatable bonds is 3. The molecule has 0 spiro atoms. The average molecular weight is 189 g/mol. The second kappa shape index (κ2) is 4.66. The summed E-state index contributed by atoms with van der Waals surface area (Å²) in [7, 11) is 0. The molecule has 0 heterocycles. The summed E-state index contributed by atoms with van der Waals surface area (Å²) in [5, 5.41) is 8.83. The van der Waals surface area contributed by atoms with Crippen LogP contribution in [0.3, 0.4) is 0 Å². The molecule has 0 unspecified atom stereocenters. The number of hydrogen-bond donors (Lipinski definition) is 0. The molecule has 0 aliphatic heterocycles. The molecule has 0 atom stereocenters. The van der Waals surface area contributed by atoms with Gasteiger partial charge in [0.15, 0.2) is 0 Å². The second-order valence-electron chi connectivity index (χ2n) is 3.45. The molecule has 0 saturated heterocycles. The summed E-state index contributed by atoms with van der Waals surface area (Å²) < 4.78 is 5.55. The minimum Gasteiger partial charge on any atom is -0.491 e. The van der Waals surface area contributed by atoms with Crippen LogP contribution < -0.4 is 4.74 Å². The van der Waals surface area contributed by atoms with Gasteiger partial charge in [-0.05, 0) is 44.0 Å². The molecular formula is C12H15NO. The fourth-order valence-corrected chi connectivity index (χ4v) is 1.32. The number of aryl methyl sites for hydroxylation is 1. The molecule has 0 radical (unpaired) electrons. The van der Waals surface area contributed by atoms with Crippen molar-refractivity contribution < 1.29 is 4.74 Å². The fourth-order valence-electron chi connectivity index (χ4n) is 1.32. The van der Waals surface area contributed by atoms with E-state index in [0.717, 1.165) is 23.3 Å². The molecular weight excluding hydrogens is 174 g/mol. The van der Waals surface area contributed by atoms with Crippen molar-refractivity contribution >= 4 is 0 Å². The lowest BCUT2D eigenvalue weighted by Crippen LogP contribution is -2.05. The minimum atomic E-state index is 0.174. The highest BCUT2D eigenvalue weighted by Gasteiger charge is 2.03. The van der Waals surface area contributed by atoms with Gasteiger partial charge in [-0.25, -0.2) is 0 Å². The van der Waals surface area contributed by atoms with E-state index in [1.165, 1.54) is 0 Å². The lowest BCUT2D eigenvalue weighted by molar-refractivity contribution is 0.242. The molecule has 1 rings (SSSR count). The topological polar surface area (TPSA) is 33.0 Å². The Hall–Kier alpha value is -1.49. The molecule has 0 saturated carbocycles. The Morgan fingerprint density at radius 1 is 1.43 bits per heavy atom. The molecule has 2 nitrogen and oxygen atoms in total. The quantitative estimate of drug-likeness (QED) is 0.732. The van der Waals surface area contributed by atoms with Crippen molar-refractivity contribution in [3.05, 3.63) is 29.3 Å². The SMILES string of the molecule is CCc1cc(OC(C)C)ccc1C#N. The third kappa shape index (κ3) is 2.50. The van der Waals surface area contributed by atoms with Crippen LogP contribution >= 0.6 is 0 Å². The van der Waals surface area contributed by atoms with Gasteiger partial charge in [-0.1, -0.05) is 6.92 Å². The van der Waals surface area contributed by atoms with E-state index in [2.05, 4.69) is 6.07 Å². The van der Waals surface area contributed by atoms with Gasteiger partial charge in [-0.15, -0.1) is 0 Å². The zero-order valence-electron chi connectivity index (χ0n) is 8.87. The first-order valence-corrected chi connectivity index (χ1v) is 4.87. The Morgan fingerprint density at radius 3 is 2.64 bits per heavy atom. The van der Waals surface area contributed by atoms with E-state index in [1.807, 2.05) is 39.0 Å². The molecule has 0 aromatic heterocycles. The van der Waals surface area contributed by atoms with Gasteiger partial charge in [-0.3, -0.25) is 0 Å². The van der Waals surface area contributed by atoms with Gasteiger partial charge in [0.05, 0.1) is 17.7 Å².